The highest BCUT2D eigenvalue weighted by Crippen LogP contribution is 1.61. The highest BCUT2D eigenvalue weighted by molar-refractivity contribution is 7.89. The van der Waals surface area contributed by atoms with Crippen LogP contribution in [0.4, 0.5) is 0 Å². The molecule has 5 heteroatoms. The Morgan fingerprint density at radius 1 is 1.00 bits per heavy atom. The molecular formula is C2H10O2S3. The summed E-state index contributed by atoms with van der Waals surface area (Å²) in [6.07, 6.45) is 2.32. The maximum Gasteiger partial charge on any atom is 0.144 e. The first-order valence-electron chi connectivity index (χ1n) is 1.15. The van der Waals surface area contributed by atoms with Gasteiger partial charge in [-0.2, -0.15) is 27.0 Å². The van der Waals surface area contributed by atoms with E-state index in [1.165, 1.54) is 0 Å². The van der Waals surface area contributed by atoms with E-state index >= 15 is 0 Å². The summed E-state index contributed by atoms with van der Waals surface area (Å²) in [5.41, 5.74) is 0. The second kappa shape index (κ2) is 4.80. The molecule has 2 nitrogen and oxygen atoms in total. The van der Waals surface area contributed by atoms with Crippen molar-refractivity contribution < 1.29 is 8.42 Å². The van der Waals surface area contributed by atoms with Crippen molar-refractivity contribution in [3.8, 4) is 0 Å². The SMILES string of the molecule is CS(C)(=O)=O.S.S. The first-order chi connectivity index (χ1) is 2.00. The summed E-state index contributed by atoms with van der Waals surface area (Å²) < 4.78 is 19.3. The van der Waals surface area contributed by atoms with Crippen molar-refractivity contribution in [2.75, 3.05) is 12.5 Å². The molecule has 0 saturated heterocycles. The van der Waals surface area contributed by atoms with Crippen LogP contribution >= 0.6 is 27.0 Å². The molecule has 0 aliphatic heterocycles. The van der Waals surface area contributed by atoms with Gasteiger partial charge in [0.1, 0.15) is 9.84 Å². The molecule has 0 atom stereocenters. The lowest BCUT2D eigenvalue weighted by atomic mass is 11.9. The molecule has 0 amide bonds. The van der Waals surface area contributed by atoms with Gasteiger partial charge in [0.2, 0.25) is 0 Å². The highest BCUT2D eigenvalue weighted by atomic mass is 32.2. The first kappa shape index (κ1) is 15.6. The van der Waals surface area contributed by atoms with Crippen molar-refractivity contribution in [3.63, 3.8) is 0 Å². The normalized spacial score (nSPS) is 8.29. The average Bonchev–Trinajstić information content (AvgIpc) is 0.722. The monoisotopic (exact) mass is 162 g/mol. The molecule has 0 spiro atoms. The van der Waals surface area contributed by atoms with Gasteiger partial charge in [-0.05, 0) is 0 Å². The van der Waals surface area contributed by atoms with Gasteiger partial charge < -0.3 is 0 Å². The summed E-state index contributed by atoms with van der Waals surface area (Å²) in [4.78, 5) is 0. The minimum atomic E-state index is -2.67. The van der Waals surface area contributed by atoms with Gasteiger partial charge in [-0.1, -0.05) is 0 Å². The Morgan fingerprint density at radius 3 is 1.00 bits per heavy atom. The Hall–Kier alpha value is 0.650. The molecule has 0 fully saturated rings. The second-order valence-electron chi connectivity index (χ2n) is 1.14. The van der Waals surface area contributed by atoms with Crippen molar-refractivity contribution in [1.82, 2.24) is 0 Å². The standard InChI is InChI=1S/C2H6O2S.2H2S/c1-5(2,3)4;;/h1-2H3;2*1H2. The van der Waals surface area contributed by atoms with Crippen LogP contribution in [-0.2, 0) is 9.84 Å². The van der Waals surface area contributed by atoms with E-state index < -0.39 is 9.84 Å². The fraction of sp³-hybridized carbons (Fsp3) is 1.00. The maximum atomic E-state index is 9.63. The zero-order valence-corrected chi connectivity index (χ0v) is 7.04. The van der Waals surface area contributed by atoms with Gasteiger partial charge in [0.05, 0.1) is 0 Å². The number of hydrogen-bond donors (Lipinski definition) is 0. The Bertz CT molecular complexity index is 94.1. The molecular weight excluding hydrogens is 152 g/mol. The van der Waals surface area contributed by atoms with E-state index in [0.29, 0.717) is 0 Å². The molecule has 0 heterocycles. The van der Waals surface area contributed by atoms with E-state index in [-0.39, 0.29) is 27.0 Å². The van der Waals surface area contributed by atoms with Gasteiger partial charge in [-0.15, -0.1) is 0 Å². The Labute approximate surface area is 58.1 Å². The third-order valence-electron chi connectivity index (χ3n) is 0. The third-order valence-corrected chi connectivity index (χ3v) is 0. The smallest absolute Gasteiger partial charge is 0.144 e. The van der Waals surface area contributed by atoms with Crippen molar-refractivity contribution in [2.24, 2.45) is 0 Å². The van der Waals surface area contributed by atoms with Gasteiger partial charge in [0.15, 0.2) is 0 Å². The quantitative estimate of drug-likeness (QED) is 0.498. The minimum absolute atomic E-state index is 0. The molecule has 0 N–H and O–H groups in total. The molecule has 0 aromatic rings. The zero-order valence-electron chi connectivity index (χ0n) is 4.22. The van der Waals surface area contributed by atoms with Gasteiger partial charge in [0, 0.05) is 12.5 Å². The Balaban J connectivity index is -0.0000000800. The molecule has 0 saturated carbocycles. The van der Waals surface area contributed by atoms with E-state index in [0.717, 1.165) is 12.5 Å². The minimum Gasteiger partial charge on any atom is -0.229 e. The van der Waals surface area contributed by atoms with E-state index in [2.05, 4.69) is 0 Å². The fourth-order valence-electron chi connectivity index (χ4n) is 0. The molecule has 0 aliphatic rings. The molecule has 7 heavy (non-hydrogen) atoms. The number of hydrogen-bond acceptors (Lipinski definition) is 2. The van der Waals surface area contributed by atoms with Crippen LogP contribution in [0.25, 0.3) is 0 Å². The molecule has 0 unspecified atom stereocenters. The topological polar surface area (TPSA) is 34.1 Å². The fourth-order valence-corrected chi connectivity index (χ4v) is 0. The summed E-state index contributed by atoms with van der Waals surface area (Å²) in [5, 5.41) is 0. The van der Waals surface area contributed by atoms with Crippen LogP contribution in [0.15, 0.2) is 0 Å². The molecule has 0 aliphatic carbocycles. The van der Waals surface area contributed by atoms with E-state index in [1.807, 2.05) is 0 Å². The van der Waals surface area contributed by atoms with Gasteiger partial charge >= 0.3 is 0 Å². The van der Waals surface area contributed by atoms with Crippen LogP contribution in [-0.4, -0.2) is 20.9 Å². The number of sulfone groups is 1. The van der Waals surface area contributed by atoms with E-state index in [4.69, 9.17) is 0 Å². The van der Waals surface area contributed by atoms with Crippen LogP contribution in [0.2, 0.25) is 0 Å². The van der Waals surface area contributed by atoms with Crippen LogP contribution < -0.4 is 0 Å². The second-order valence-corrected chi connectivity index (χ2v) is 3.43. The van der Waals surface area contributed by atoms with Crippen LogP contribution in [0.3, 0.4) is 0 Å². The maximum absolute atomic E-state index is 9.63. The predicted octanol–water partition coefficient (Wildman–Crippen LogP) is -0.114. The molecule has 0 rings (SSSR count). The molecule has 0 radical (unpaired) electrons. The van der Waals surface area contributed by atoms with E-state index in [1.54, 1.807) is 0 Å². The summed E-state index contributed by atoms with van der Waals surface area (Å²) in [5.74, 6) is 0. The third kappa shape index (κ3) is 340. The molecule has 0 aromatic carbocycles. The predicted molar refractivity (Wildman–Crippen MR) is 41.5 cm³/mol. The average molecular weight is 162 g/mol. The zero-order chi connectivity index (χ0) is 4.50. The molecule has 0 bridgehead atoms. The van der Waals surface area contributed by atoms with Crippen molar-refractivity contribution in [1.29, 1.82) is 0 Å². The highest BCUT2D eigenvalue weighted by Gasteiger charge is 1.79. The summed E-state index contributed by atoms with van der Waals surface area (Å²) >= 11 is 0. The lowest BCUT2D eigenvalue weighted by Gasteiger charge is -1.69. The lowest BCUT2D eigenvalue weighted by molar-refractivity contribution is 0.607. The summed E-state index contributed by atoms with van der Waals surface area (Å²) in [7, 11) is -2.67. The summed E-state index contributed by atoms with van der Waals surface area (Å²) in [6.45, 7) is 0. The first-order valence-corrected chi connectivity index (χ1v) is 3.45. The largest absolute Gasteiger partial charge is 0.229 e. The van der Waals surface area contributed by atoms with Crippen LogP contribution in [0.5, 0.6) is 0 Å². The van der Waals surface area contributed by atoms with Crippen LogP contribution in [0.1, 0.15) is 0 Å². The molecule has 48 valence electrons. The van der Waals surface area contributed by atoms with Crippen molar-refractivity contribution >= 4 is 36.8 Å². The Morgan fingerprint density at radius 2 is 1.00 bits per heavy atom. The molecule has 0 aromatic heterocycles. The van der Waals surface area contributed by atoms with Crippen LogP contribution in [0, 0.1) is 0 Å². The van der Waals surface area contributed by atoms with Gasteiger partial charge in [0.25, 0.3) is 0 Å². The van der Waals surface area contributed by atoms with Crippen molar-refractivity contribution in [3.05, 3.63) is 0 Å². The Kier molecular flexibility index (Phi) is 10.7. The van der Waals surface area contributed by atoms with Gasteiger partial charge in [-0.25, -0.2) is 8.42 Å². The van der Waals surface area contributed by atoms with Crippen molar-refractivity contribution in [2.45, 2.75) is 0 Å². The van der Waals surface area contributed by atoms with E-state index in [9.17, 15) is 8.42 Å². The lowest BCUT2D eigenvalue weighted by Crippen LogP contribution is -1.86. The number of rotatable bonds is 0. The van der Waals surface area contributed by atoms with Gasteiger partial charge in [-0.3, -0.25) is 0 Å². The summed E-state index contributed by atoms with van der Waals surface area (Å²) in [6, 6.07) is 0.